The minimum Gasteiger partial charge on any atom is -0.481 e. The van der Waals surface area contributed by atoms with E-state index in [0.29, 0.717) is 17.6 Å². The molecule has 0 aromatic rings. The van der Waals surface area contributed by atoms with Crippen molar-refractivity contribution in [1.29, 1.82) is 0 Å². The number of carboxylic acids is 1. The molecule has 0 aromatic carbocycles. The standard InChI is InChI=1S/C21H33NO5/c1-18(2,3)27-17(26)21(8,22)16(25)13-11-19(4,5)10-9-14(13)20(6,7)12-15(23)24/h9-10H,11-12,22H2,1-8H3,(H,23,24)/t21-/m0/s1. The molecule has 152 valence electrons. The SMILES string of the molecule is CC1(C)C=CC(C(C)(C)CC(=O)O)=C(C(=O)[C@](C)(N)C(=O)OC(C)(C)C)C1. The van der Waals surface area contributed by atoms with E-state index in [1.54, 1.807) is 40.7 Å². The van der Waals surface area contributed by atoms with Crippen LogP contribution in [0.15, 0.2) is 23.3 Å². The first kappa shape index (κ1) is 23.1. The summed E-state index contributed by atoms with van der Waals surface area (Å²) in [6.45, 7) is 14.0. The largest absolute Gasteiger partial charge is 0.481 e. The molecule has 0 fully saturated rings. The molecule has 0 amide bonds. The van der Waals surface area contributed by atoms with Crippen molar-refractivity contribution in [1.82, 2.24) is 0 Å². The highest BCUT2D eigenvalue weighted by molar-refractivity contribution is 6.16. The Kier molecular flexibility index (Phi) is 6.18. The third-order valence-electron chi connectivity index (χ3n) is 4.55. The first-order valence-electron chi connectivity index (χ1n) is 9.11. The third-order valence-corrected chi connectivity index (χ3v) is 4.55. The molecule has 6 nitrogen and oxygen atoms in total. The van der Waals surface area contributed by atoms with Crippen molar-refractivity contribution in [3.63, 3.8) is 0 Å². The summed E-state index contributed by atoms with van der Waals surface area (Å²) in [4.78, 5) is 37.2. The Morgan fingerprint density at radius 2 is 1.67 bits per heavy atom. The molecule has 27 heavy (non-hydrogen) atoms. The predicted octanol–water partition coefficient (Wildman–Crippen LogP) is 3.40. The topological polar surface area (TPSA) is 107 Å². The zero-order chi connectivity index (χ0) is 21.4. The zero-order valence-electron chi connectivity index (χ0n) is 17.7. The minimum absolute atomic E-state index is 0.141. The maximum atomic E-state index is 13.3. The number of hydrogen-bond acceptors (Lipinski definition) is 5. The minimum atomic E-state index is -1.85. The van der Waals surface area contributed by atoms with Gasteiger partial charge < -0.3 is 15.6 Å². The molecular weight excluding hydrogens is 346 g/mol. The summed E-state index contributed by atoms with van der Waals surface area (Å²) in [6.07, 6.45) is 3.99. The average molecular weight is 379 g/mol. The molecular formula is C21H33NO5. The number of nitrogens with two attached hydrogens (primary N) is 1. The second-order valence-electron chi connectivity index (χ2n) is 9.88. The number of ketones is 1. The number of carboxylic acid groups (broad SMARTS) is 1. The Hall–Kier alpha value is -1.95. The van der Waals surface area contributed by atoms with E-state index in [-0.39, 0.29) is 11.8 Å². The highest BCUT2D eigenvalue weighted by Gasteiger charge is 2.45. The van der Waals surface area contributed by atoms with Crippen LogP contribution in [0.2, 0.25) is 0 Å². The van der Waals surface area contributed by atoms with E-state index in [1.165, 1.54) is 6.92 Å². The number of Topliss-reactive ketones (excluding diaryl/α,β-unsaturated/α-hetero) is 1. The first-order valence-corrected chi connectivity index (χ1v) is 9.11. The van der Waals surface area contributed by atoms with Gasteiger partial charge in [-0.05, 0) is 45.1 Å². The normalized spacial score (nSPS) is 19.4. The van der Waals surface area contributed by atoms with Gasteiger partial charge in [-0.3, -0.25) is 9.59 Å². The molecule has 0 saturated carbocycles. The van der Waals surface area contributed by atoms with Crippen LogP contribution in [0.5, 0.6) is 0 Å². The van der Waals surface area contributed by atoms with E-state index in [9.17, 15) is 19.5 Å². The molecule has 0 saturated heterocycles. The van der Waals surface area contributed by atoms with Crippen molar-refractivity contribution in [2.24, 2.45) is 16.6 Å². The molecule has 1 atom stereocenters. The molecule has 0 unspecified atom stereocenters. The molecule has 0 bridgehead atoms. The number of hydrogen-bond donors (Lipinski definition) is 2. The van der Waals surface area contributed by atoms with Gasteiger partial charge in [0, 0.05) is 11.0 Å². The summed E-state index contributed by atoms with van der Waals surface area (Å²) >= 11 is 0. The summed E-state index contributed by atoms with van der Waals surface area (Å²) < 4.78 is 5.33. The Bertz CT molecular complexity index is 703. The van der Waals surface area contributed by atoms with Gasteiger partial charge in [0.1, 0.15) is 5.60 Å². The van der Waals surface area contributed by atoms with E-state index in [4.69, 9.17) is 10.5 Å². The molecule has 1 aliphatic carbocycles. The molecule has 6 heteroatoms. The number of rotatable bonds is 6. The molecule has 1 aliphatic rings. The van der Waals surface area contributed by atoms with Crippen LogP contribution in [0.3, 0.4) is 0 Å². The van der Waals surface area contributed by atoms with Crippen molar-refractivity contribution >= 4 is 17.7 Å². The lowest BCUT2D eigenvalue weighted by Gasteiger charge is -2.36. The highest BCUT2D eigenvalue weighted by atomic mass is 16.6. The fourth-order valence-electron chi connectivity index (χ4n) is 3.12. The van der Waals surface area contributed by atoms with Crippen LogP contribution >= 0.6 is 0 Å². The van der Waals surface area contributed by atoms with Gasteiger partial charge in [-0.2, -0.15) is 0 Å². The van der Waals surface area contributed by atoms with Crippen LogP contribution < -0.4 is 5.73 Å². The molecule has 1 rings (SSSR count). The fraction of sp³-hybridized carbons (Fsp3) is 0.667. The van der Waals surface area contributed by atoms with Gasteiger partial charge in [-0.25, -0.2) is 4.79 Å². The summed E-state index contributed by atoms with van der Waals surface area (Å²) in [5.74, 6) is -2.28. The number of aliphatic carboxylic acids is 1. The number of esters is 1. The molecule has 0 heterocycles. The molecule has 3 N–H and O–H groups in total. The predicted molar refractivity (Wildman–Crippen MR) is 104 cm³/mol. The van der Waals surface area contributed by atoms with Crippen LogP contribution in [-0.2, 0) is 19.1 Å². The lowest BCUT2D eigenvalue weighted by atomic mass is 9.68. The molecule has 0 radical (unpaired) electrons. The van der Waals surface area contributed by atoms with Gasteiger partial charge in [0.15, 0.2) is 11.3 Å². The zero-order valence-corrected chi connectivity index (χ0v) is 17.7. The van der Waals surface area contributed by atoms with Gasteiger partial charge in [-0.1, -0.05) is 39.8 Å². The maximum absolute atomic E-state index is 13.3. The van der Waals surface area contributed by atoms with Gasteiger partial charge in [-0.15, -0.1) is 0 Å². The van der Waals surface area contributed by atoms with Crippen molar-refractivity contribution in [3.05, 3.63) is 23.3 Å². The van der Waals surface area contributed by atoms with Crippen molar-refractivity contribution in [3.8, 4) is 0 Å². The Morgan fingerprint density at radius 3 is 2.11 bits per heavy atom. The lowest BCUT2D eigenvalue weighted by Crippen LogP contribution is -2.56. The smallest absolute Gasteiger partial charge is 0.334 e. The second-order valence-corrected chi connectivity index (χ2v) is 9.88. The fourth-order valence-corrected chi connectivity index (χ4v) is 3.12. The lowest BCUT2D eigenvalue weighted by molar-refractivity contribution is -0.162. The summed E-state index contributed by atoms with van der Waals surface area (Å²) in [6, 6.07) is 0. The van der Waals surface area contributed by atoms with E-state index in [1.807, 2.05) is 19.9 Å². The Labute approximate surface area is 161 Å². The number of carbonyl (C=O) groups excluding carboxylic acids is 2. The number of allylic oxidation sites excluding steroid dienone is 3. The van der Waals surface area contributed by atoms with E-state index in [2.05, 4.69) is 0 Å². The van der Waals surface area contributed by atoms with Crippen LogP contribution in [-0.4, -0.2) is 34.0 Å². The second kappa shape index (κ2) is 7.23. The summed E-state index contributed by atoms with van der Waals surface area (Å²) in [5, 5.41) is 9.25. The summed E-state index contributed by atoms with van der Waals surface area (Å²) in [5.41, 5.74) is 3.42. The van der Waals surface area contributed by atoms with E-state index >= 15 is 0 Å². The highest BCUT2D eigenvalue weighted by Crippen LogP contribution is 2.43. The van der Waals surface area contributed by atoms with Crippen LogP contribution in [0, 0.1) is 10.8 Å². The van der Waals surface area contributed by atoms with E-state index in [0.717, 1.165) is 0 Å². The maximum Gasteiger partial charge on any atom is 0.334 e. The Morgan fingerprint density at radius 1 is 1.15 bits per heavy atom. The van der Waals surface area contributed by atoms with E-state index < -0.39 is 34.3 Å². The first-order chi connectivity index (χ1) is 11.9. The summed E-state index contributed by atoms with van der Waals surface area (Å²) in [7, 11) is 0. The molecule has 0 spiro atoms. The van der Waals surface area contributed by atoms with Crippen molar-refractivity contribution in [2.75, 3.05) is 0 Å². The van der Waals surface area contributed by atoms with Crippen LogP contribution in [0.1, 0.15) is 68.2 Å². The molecule has 0 aliphatic heterocycles. The Balaban J connectivity index is 3.44. The quantitative estimate of drug-likeness (QED) is 0.541. The monoisotopic (exact) mass is 379 g/mol. The van der Waals surface area contributed by atoms with Gasteiger partial charge in [0.2, 0.25) is 0 Å². The van der Waals surface area contributed by atoms with Crippen LogP contribution in [0.25, 0.3) is 0 Å². The van der Waals surface area contributed by atoms with Gasteiger partial charge in [0.05, 0.1) is 6.42 Å². The average Bonchev–Trinajstić information content (AvgIpc) is 2.41. The van der Waals surface area contributed by atoms with Crippen molar-refractivity contribution in [2.45, 2.75) is 79.4 Å². The van der Waals surface area contributed by atoms with Crippen LogP contribution in [0.4, 0.5) is 0 Å². The number of carbonyl (C=O) groups is 3. The van der Waals surface area contributed by atoms with Crippen molar-refractivity contribution < 1.29 is 24.2 Å². The third kappa shape index (κ3) is 5.76. The number of ether oxygens (including phenoxy) is 1. The van der Waals surface area contributed by atoms with Gasteiger partial charge in [0.25, 0.3) is 0 Å². The molecule has 0 aromatic heterocycles. The van der Waals surface area contributed by atoms with Gasteiger partial charge >= 0.3 is 11.9 Å².